The number of nitrogens with zero attached hydrogens (tertiary/aromatic N) is 4. The van der Waals surface area contributed by atoms with Crippen molar-refractivity contribution in [2.45, 2.75) is 13.8 Å². The number of hydrogen-bond donors (Lipinski definition) is 0. The van der Waals surface area contributed by atoms with E-state index in [9.17, 15) is 0 Å². The van der Waals surface area contributed by atoms with Gasteiger partial charge < -0.3 is 19.6 Å². The van der Waals surface area contributed by atoms with Crippen LogP contribution in [0.3, 0.4) is 0 Å². The molecule has 0 heterocycles. The number of anilines is 12. The lowest BCUT2D eigenvalue weighted by Gasteiger charge is -2.27. The maximum Gasteiger partial charge on any atom is 0.0623 e. The molecule has 12 aromatic rings. The number of hydrogen-bond acceptors (Lipinski definition) is 4. The highest BCUT2D eigenvalue weighted by molar-refractivity contribution is 5.85. The molecule has 0 aromatic heterocycles. The highest BCUT2D eigenvalue weighted by atomic mass is 15.2. The van der Waals surface area contributed by atoms with Gasteiger partial charge in [-0.2, -0.15) is 0 Å². The Morgan fingerprint density at radius 1 is 0.192 bits per heavy atom. The smallest absolute Gasteiger partial charge is 0.0623 e. The topological polar surface area (TPSA) is 13.0 Å². The van der Waals surface area contributed by atoms with Crippen molar-refractivity contribution >= 4 is 68.2 Å². The fourth-order valence-corrected chi connectivity index (χ4v) is 10.3. The van der Waals surface area contributed by atoms with Gasteiger partial charge in [0.25, 0.3) is 0 Å². The van der Waals surface area contributed by atoms with E-state index in [4.69, 9.17) is 2.74 Å². The summed E-state index contributed by atoms with van der Waals surface area (Å²) in [6.45, 7) is 4.28. The van der Waals surface area contributed by atoms with E-state index in [0.717, 1.165) is 102 Å². The van der Waals surface area contributed by atoms with Crippen molar-refractivity contribution in [3.63, 3.8) is 0 Å². The normalized spacial score (nSPS) is 11.3. The zero-order valence-electron chi connectivity index (χ0n) is 45.7. The van der Waals surface area contributed by atoms with Crippen LogP contribution in [0.4, 0.5) is 68.2 Å². The second-order valence-corrected chi connectivity index (χ2v) is 19.5. The third-order valence-corrected chi connectivity index (χ3v) is 14.2. The molecule has 374 valence electrons. The minimum Gasteiger partial charge on any atom is -0.311 e. The molecule has 78 heavy (non-hydrogen) atoms. The lowest BCUT2D eigenvalue weighted by molar-refractivity contribution is 1.27. The molecule has 0 amide bonds. The zero-order valence-corrected chi connectivity index (χ0v) is 43.7. The fourth-order valence-electron chi connectivity index (χ4n) is 10.3. The van der Waals surface area contributed by atoms with Crippen LogP contribution in [-0.4, -0.2) is 0 Å². The number of para-hydroxylation sites is 4. The van der Waals surface area contributed by atoms with E-state index in [1.165, 1.54) is 11.1 Å². The van der Waals surface area contributed by atoms with Crippen LogP contribution in [0, 0.1) is 13.8 Å². The maximum absolute atomic E-state index is 8.31. The first kappa shape index (κ1) is 46.4. The van der Waals surface area contributed by atoms with Crippen LogP contribution in [-0.2, 0) is 0 Å². The average Bonchev–Trinajstić information content (AvgIpc) is 3.52. The molecule has 4 heteroatoms. The average molecular weight is 1010 g/mol. The molecule has 0 saturated carbocycles. The van der Waals surface area contributed by atoms with Gasteiger partial charge in [-0.1, -0.05) is 170 Å². The van der Waals surface area contributed by atoms with Gasteiger partial charge in [0, 0.05) is 68.2 Å². The van der Waals surface area contributed by atoms with Crippen molar-refractivity contribution in [1.29, 1.82) is 0 Å². The summed E-state index contributed by atoms with van der Waals surface area (Å²) in [5.74, 6) is 0. The first-order chi connectivity index (χ1) is 39.3. The molecule has 0 N–H and O–H groups in total. The Bertz CT molecular complexity index is 3750. The summed E-state index contributed by atoms with van der Waals surface area (Å²) >= 11 is 0. The van der Waals surface area contributed by atoms with E-state index >= 15 is 0 Å². The number of aryl methyl sites for hydroxylation is 2. The Kier molecular flexibility index (Phi) is 13.3. The summed E-state index contributed by atoms with van der Waals surface area (Å²) in [4.78, 5) is 9.03. The van der Waals surface area contributed by atoms with Crippen molar-refractivity contribution in [3.05, 3.63) is 327 Å². The van der Waals surface area contributed by atoms with Crippen molar-refractivity contribution < 1.29 is 2.74 Å². The molecule has 12 rings (SSSR count). The van der Waals surface area contributed by atoms with E-state index in [0.29, 0.717) is 12.1 Å². The first-order valence-corrected chi connectivity index (χ1v) is 26.5. The second kappa shape index (κ2) is 22.4. The van der Waals surface area contributed by atoms with Crippen LogP contribution in [0.2, 0.25) is 0 Å². The molecular weight excluding hydrogens is 945 g/mol. The van der Waals surface area contributed by atoms with Crippen LogP contribution in [0.5, 0.6) is 0 Å². The zero-order chi connectivity index (χ0) is 54.4. The second-order valence-electron chi connectivity index (χ2n) is 19.5. The summed E-state index contributed by atoms with van der Waals surface area (Å²) in [6, 6.07) is 107. The van der Waals surface area contributed by atoms with Gasteiger partial charge in [0.15, 0.2) is 0 Å². The van der Waals surface area contributed by atoms with Crippen molar-refractivity contribution in [1.82, 2.24) is 0 Å². The Balaban J connectivity index is 0.787. The molecule has 0 aliphatic carbocycles. The highest BCUT2D eigenvalue weighted by Crippen LogP contribution is 2.42. The first-order valence-electron chi connectivity index (χ1n) is 27.5. The molecular formula is C74H58N4. The van der Waals surface area contributed by atoms with Crippen LogP contribution < -0.4 is 19.6 Å². The third kappa shape index (κ3) is 10.6. The molecule has 0 bridgehead atoms. The van der Waals surface area contributed by atoms with Crippen molar-refractivity contribution in [2.75, 3.05) is 19.6 Å². The van der Waals surface area contributed by atoms with Crippen molar-refractivity contribution in [2.24, 2.45) is 0 Å². The highest BCUT2D eigenvalue weighted by Gasteiger charge is 2.18. The Morgan fingerprint density at radius 3 is 0.641 bits per heavy atom. The van der Waals surface area contributed by atoms with Crippen LogP contribution >= 0.6 is 0 Å². The summed E-state index contributed by atoms with van der Waals surface area (Å²) in [5.41, 5.74) is 21.7. The van der Waals surface area contributed by atoms with E-state index in [2.05, 4.69) is 264 Å². The van der Waals surface area contributed by atoms with E-state index < -0.39 is 0 Å². The van der Waals surface area contributed by atoms with E-state index in [1.807, 2.05) is 60.7 Å². The maximum atomic E-state index is 8.31. The molecule has 0 unspecified atom stereocenters. The molecule has 0 atom stereocenters. The Hall–Kier alpha value is -10.2. The van der Waals surface area contributed by atoms with Gasteiger partial charge in [0.05, 0.1) is 2.74 Å². The van der Waals surface area contributed by atoms with Crippen molar-refractivity contribution in [3.8, 4) is 33.4 Å². The molecule has 4 nitrogen and oxygen atoms in total. The molecule has 0 spiro atoms. The fraction of sp³-hybridized carbons (Fsp3) is 0.0270. The molecule has 0 radical (unpaired) electrons. The van der Waals surface area contributed by atoms with Crippen LogP contribution in [0.25, 0.3) is 33.4 Å². The van der Waals surface area contributed by atoms with E-state index in [-0.39, 0.29) is 0 Å². The molecule has 12 aromatic carbocycles. The predicted octanol–water partition coefficient (Wildman–Crippen LogP) is 21.2. The third-order valence-electron chi connectivity index (χ3n) is 14.2. The largest absolute Gasteiger partial charge is 0.311 e. The Labute approximate surface area is 462 Å². The van der Waals surface area contributed by atoms with Crippen LogP contribution in [0.15, 0.2) is 315 Å². The summed E-state index contributed by atoms with van der Waals surface area (Å²) in [6.07, 6.45) is 0. The molecule has 0 saturated heterocycles. The van der Waals surface area contributed by atoms with Gasteiger partial charge in [-0.25, -0.2) is 0 Å². The minimum absolute atomic E-state index is 0.476. The van der Waals surface area contributed by atoms with Gasteiger partial charge in [0.1, 0.15) is 0 Å². The van der Waals surface area contributed by atoms with Gasteiger partial charge in [-0.15, -0.1) is 0 Å². The van der Waals surface area contributed by atoms with E-state index in [1.54, 1.807) is 12.1 Å². The lowest BCUT2D eigenvalue weighted by Crippen LogP contribution is -2.10. The molecule has 0 aliphatic rings. The number of rotatable bonds is 15. The Morgan fingerprint density at radius 2 is 0.397 bits per heavy atom. The van der Waals surface area contributed by atoms with Gasteiger partial charge >= 0.3 is 0 Å². The monoisotopic (exact) mass is 1010 g/mol. The summed E-state index contributed by atoms with van der Waals surface area (Å²) in [7, 11) is 0. The molecule has 0 fully saturated rings. The minimum atomic E-state index is 0.476. The van der Waals surface area contributed by atoms with Gasteiger partial charge in [-0.3, -0.25) is 0 Å². The van der Waals surface area contributed by atoms with Gasteiger partial charge in [0.2, 0.25) is 0 Å². The summed E-state index contributed by atoms with van der Waals surface area (Å²) in [5, 5.41) is 0. The predicted molar refractivity (Wildman–Crippen MR) is 331 cm³/mol. The standard InChI is InChI=1S/C74H58N4/c1-55-17-15-27-73(53-55)77(69-45-33-59(34-46-69)57-29-41-67(42-30-57)75(63-19-7-3-8-20-63)64-21-9-4-10-22-64)71-49-37-61(38-50-71)62-39-51-72(52-40-62)78(74-28-16-18-56(2)54-74)70-47-35-60(36-48-70)58-31-43-68(44-32-58)76(65-23-11-5-12-24-65)66-25-13-6-14-26-66/h3-54H,1-2H3/i7T,11T. The molecule has 0 aliphatic heterocycles. The lowest BCUT2D eigenvalue weighted by atomic mass is 10.0. The summed E-state index contributed by atoms with van der Waals surface area (Å²) < 4.78 is 16.6. The quantitative estimate of drug-likeness (QED) is 0.101. The van der Waals surface area contributed by atoms with Gasteiger partial charge in [-0.05, 0) is 204 Å². The number of benzene rings is 12. The SMILES string of the molecule is [3H]c1cccc(N(c2ccccc2)c2ccc(-c3ccc(N(c4ccc(-c5ccc(N(c6ccc(-c7ccc(N(c8ccccc8)c8cccc([3H])c8)cc7)cc6)c6cccc(C)c6)cc5)cc4)c4cccc(C)c4)cc3)cc2)c1. The van der Waals surface area contributed by atoms with Crippen LogP contribution in [0.1, 0.15) is 13.9 Å².